The second kappa shape index (κ2) is 7.30. The molecule has 0 bridgehead atoms. The zero-order chi connectivity index (χ0) is 10.3. The molecule has 0 aromatic heterocycles. The second-order valence-electron chi connectivity index (χ2n) is 3.89. The Morgan fingerprint density at radius 1 is 1.38 bits per heavy atom. The van der Waals surface area contributed by atoms with Crippen LogP contribution < -0.4 is 5.32 Å². The van der Waals surface area contributed by atoms with E-state index in [1.54, 1.807) is 0 Å². The van der Waals surface area contributed by atoms with E-state index in [1.807, 2.05) is 7.05 Å². The van der Waals surface area contributed by atoms with E-state index in [9.17, 15) is 5.11 Å². The summed E-state index contributed by atoms with van der Waals surface area (Å²) in [5.41, 5.74) is 0. The van der Waals surface area contributed by atoms with Crippen molar-refractivity contribution in [1.29, 1.82) is 0 Å². The van der Waals surface area contributed by atoms with Gasteiger partial charge in [0.2, 0.25) is 0 Å². The standard InChI is InChI=1S/C10H24N2O/c1-5-6-11-7-10(13)8-12(4)9(2)3/h9-11,13H,5-8H2,1-4H3. The third-order valence-electron chi connectivity index (χ3n) is 2.19. The minimum absolute atomic E-state index is 0.251. The largest absolute Gasteiger partial charge is 0.390 e. The molecule has 0 rings (SSSR count). The summed E-state index contributed by atoms with van der Waals surface area (Å²) in [4.78, 5) is 2.15. The van der Waals surface area contributed by atoms with Gasteiger partial charge in [-0.1, -0.05) is 6.92 Å². The van der Waals surface area contributed by atoms with Crippen LogP contribution in [0.2, 0.25) is 0 Å². The van der Waals surface area contributed by atoms with Gasteiger partial charge in [0.25, 0.3) is 0 Å². The molecule has 0 aliphatic heterocycles. The number of aliphatic hydroxyl groups is 1. The highest BCUT2D eigenvalue weighted by atomic mass is 16.3. The molecule has 0 aliphatic rings. The van der Waals surface area contributed by atoms with Crippen molar-refractivity contribution < 1.29 is 5.11 Å². The third-order valence-corrected chi connectivity index (χ3v) is 2.19. The van der Waals surface area contributed by atoms with Crippen molar-refractivity contribution in [3.63, 3.8) is 0 Å². The maximum atomic E-state index is 9.59. The van der Waals surface area contributed by atoms with Crippen LogP contribution in [0.5, 0.6) is 0 Å². The Morgan fingerprint density at radius 2 is 2.00 bits per heavy atom. The van der Waals surface area contributed by atoms with E-state index in [1.165, 1.54) is 0 Å². The molecule has 13 heavy (non-hydrogen) atoms. The third kappa shape index (κ3) is 6.99. The predicted octanol–water partition coefficient (Wildman–Crippen LogP) is 0.687. The summed E-state index contributed by atoms with van der Waals surface area (Å²) in [6.45, 7) is 8.82. The van der Waals surface area contributed by atoms with E-state index < -0.39 is 0 Å². The quantitative estimate of drug-likeness (QED) is 0.577. The van der Waals surface area contributed by atoms with Crippen molar-refractivity contribution in [3.8, 4) is 0 Å². The zero-order valence-corrected chi connectivity index (χ0v) is 9.38. The number of likely N-dealkylation sites (N-methyl/N-ethyl adjacent to an activating group) is 1. The van der Waals surface area contributed by atoms with Crippen molar-refractivity contribution in [2.45, 2.75) is 39.3 Å². The smallest absolute Gasteiger partial charge is 0.0791 e. The minimum atomic E-state index is -0.251. The van der Waals surface area contributed by atoms with E-state index in [4.69, 9.17) is 0 Å². The Kier molecular flexibility index (Phi) is 7.23. The van der Waals surface area contributed by atoms with Crippen LogP contribution in [-0.4, -0.2) is 48.8 Å². The highest BCUT2D eigenvalue weighted by Crippen LogP contribution is 1.95. The van der Waals surface area contributed by atoms with Gasteiger partial charge >= 0.3 is 0 Å². The van der Waals surface area contributed by atoms with Crippen molar-refractivity contribution in [3.05, 3.63) is 0 Å². The van der Waals surface area contributed by atoms with Crippen LogP contribution in [0.1, 0.15) is 27.2 Å². The van der Waals surface area contributed by atoms with E-state index in [2.05, 4.69) is 31.0 Å². The Labute approximate surface area is 82.1 Å². The average Bonchev–Trinajstić information content (AvgIpc) is 2.04. The monoisotopic (exact) mass is 188 g/mol. The maximum Gasteiger partial charge on any atom is 0.0791 e. The molecule has 3 nitrogen and oxygen atoms in total. The Hall–Kier alpha value is -0.120. The van der Waals surface area contributed by atoms with Gasteiger partial charge in [-0.2, -0.15) is 0 Å². The van der Waals surface area contributed by atoms with Crippen LogP contribution in [-0.2, 0) is 0 Å². The van der Waals surface area contributed by atoms with Gasteiger partial charge < -0.3 is 15.3 Å². The highest BCUT2D eigenvalue weighted by Gasteiger charge is 2.09. The summed E-state index contributed by atoms with van der Waals surface area (Å²) in [5.74, 6) is 0. The second-order valence-corrected chi connectivity index (χ2v) is 3.89. The van der Waals surface area contributed by atoms with E-state index in [-0.39, 0.29) is 6.10 Å². The zero-order valence-electron chi connectivity index (χ0n) is 9.38. The van der Waals surface area contributed by atoms with Crippen LogP contribution in [0.4, 0.5) is 0 Å². The first-order chi connectivity index (χ1) is 6.07. The van der Waals surface area contributed by atoms with Gasteiger partial charge in [0.15, 0.2) is 0 Å². The summed E-state index contributed by atoms with van der Waals surface area (Å²) < 4.78 is 0. The van der Waals surface area contributed by atoms with Crippen molar-refractivity contribution in [1.82, 2.24) is 10.2 Å². The molecule has 1 atom stereocenters. The summed E-state index contributed by atoms with van der Waals surface area (Å²) >= 11 is 0. The number of hydrogen-bond acceptors (Lipinski definition) is 3. The fraction of sp³-hybridized carbons (Fsp3) is 1.00. The van der Waals surface area contributed by atoms with Gasteiger partial charge in [0.1, 0.15) is 0 Å². The Bertz CT molecular complexity index is 117. The van der Waals surface area contributed by atoms with Gasteiger partial charge in [-0.05, 0) is 33.9 Å². The molecule has 0 aliphatic carbocycles. The molecule has 0 aromatic carbocycles. The average molecular weight is 188 g/mol. The molecule has 0 heterocycles. The van der Waals surface area contributed by atoms with Crippen LogP contribution in [0, 0.1) is 0 Å². The van der Waals surface area contributed by atoms with Crippen LogP contribution in [0.25, 0.3) is 0 Å². The molecule has 0 radical (unpaired) electrons. The molecule has 0 saturated heterocycles. The summed E-state index contributed by atoms with van der Waals surface area (Å²) in [6, 6.07) is 0.501. The molecule has 2 N–H and O–H groups in total. The van der Waals surface area contributed by atoms with Crippen LogP contribution in [0.15, 0.2) is 0 Å². The summed E-state index contributed by atoms with van der Waals surface area (Å²) in [6.07, 6.45) is 0.867. The predicted molar refractivity (Wildman–Crippen MR) is 56.9 cm³/mol. The van der Waals surface area contributed by atoms with Crippen LogP contribution in [0.3, 0.4) is 0 Å². The summed E-state index contributed by atoms with van der Waals surface area (Å²) in [7, 11) is 2.04. The van der Waals surface area contributed by atoms with E-state index >= 15 is 0 Å². The number of rotatable bonds is 7. The molecule has 0 aromatic rings. The van der Waals surface area contributed by atoms with Gasteiger partial charge in [-0.3, -0.25) is 0 Å². The maximum absolute atomic E-state index is 9.59. The number of hydrogen-bond donors (Lipinski definition) is 2. The molecular formula is C10H24N2O. The minimum Gasteiger partial charge on any atom is -0.390 e. The first kappa shape index (κ1) is 12.9. The van der Waals surface area contributed by atoms with Crippen molar-refractivity contribution in [2.24, 2.45) is 0 Å². The molecule has 80 valence electrons. The summed E-state index contributed by atoms with van der Waals surface area (Å²) in [5, 5.41) is 12.8. The molecular weight excluding hydrogens is 164 g/mol. The lowest BCUT2D eigenvalue weighted by Crippen LogP contribution is -2.39. The number of aliphatic hydroxyl groups excluding tert-OH is 1. The normalized spacial score (nSPS) is 14.1. The molecule has 0 saturated carbocycles. The highest BCUT2D eigenvalue weighted by molar-refractivity contribution is 4.66. The lowest BCUT2D eigenvalue weighted by molar-refractivity contribution is 0.111. The SMILES string of the molecule is CCCNCC(O)CN(C)C(C)C. The lowest BCUT2D eigenvalue weighted by atomic mass is 10.2. The van der Waals surface area contributed by atoms with E-state index in [0.29, 0.717) is 12.6 Å². The van der Waals surface area contributed by atoms with Gasteiger partial charge in [-0.25, -0.2) is 0 Å². The van der Waals surface area contributed by atoms with Crippen molar-refractivity contribution >= 4 is 0 Å². The fourth-order valence-corrected chi connectivity index (χ4v) is 1.05. The topological polar surface area (TPSA) is 35.5 Å². The van der Waals surface area contributed by atoms with Gasteiger partial charge in [-0.15, -0.1) is 0 Å². The van der Waals surface area contributed by atoms with Crippen LogP contribution >= 0.6 is 0 Å². The number of nitrogens with zero attached hydrogens (tertiary/aromatic N) is 1. The molecule has 0 amide bonds. The van der Waals surface area contributed by atoms with Crippen molar-refractivity contribution in [2.75, 3.05) is 26.7 Å². The fourth-order valence-electron chi connectivity index (χ4n) is 1.05. The van der Waals surface area contributed by atoms with Gasteiger partial charge in [0, 0.05) is 19.1 Å². The number of nitrogens with one attached hydrogen (secondary N) is 1. The Morgan fingerprint density at radius 3 is 2.46 bits per heavy atom. The molecule has 1 unspecified atom stereocenters. The lowest BCUT2D eigenvalue weighted by Gasteiger charge is -2.24. The first-order valence-electron chi connectivity index (χ1n) is 5.17. The molecule has 0 fully saturated rings. The molecule has 0 spiro atoms. The molecule has 3 heteroatoms. The van der Waals surface area contributed by atoms with E-state index in [0.717, 1.165) is 19.5 Å². The first-order valence-corrected chi connectivity index (χ1v) is 5.17. The van der Waals surface area contributed by atoms with Gasteiger partial charge in [0.05, 0.1) is 6.10 Å². The Balaban J connectivity index is 3.43.